The lowest BCUT2D eigenvalue weighted by atomic mass is 9.76. The Kier molecular flexibility index (Phi) is 10.2. The van der Waals surface area contributed by atoms with Gasteiger partial charge in [-0.25, -0.2) is 13.2 Å². The van der Waals surface area contributed by atoms with Crippen LogP contribution in [0.25, 0.3) is 23.3 Å². The summed E-state index contributed by atoms with van der Waals surface area (Å²) >= 11 is 0. The second kappa shape index (κ2) is 13.8. The first-order valence-electron chi connectivity index (χ1n) is 14.0. The molecule has 0 saturated heterocycles. The standard InChI is InChI=1S/C34H36F4O2/c1-3-5-21-40-30-20-19-28(33(37)34(30)38)23-10-7-22(8-11-23)9-12-26-17-18-27(32(36)31(26)35)24-13-15-25(16-14-24)29(39)6-4-2/h3,7-12,17-20,24-25,29,39H,1,4-6,13-16,21H2,2H3/b12-9+. The van der Waals surface area contributed by atoms with E-state index in [1.807, 2.05) is 6.92 Å². The third kappa shape index (κ3) is 6.84. The first kappa shape index (κ1) is 29.6. The molecule has 0 spiro atoms. The van der Waals surface area contributed by atoms with E-state index in [9.17, 15) is 18.3 Å². The van der Waals surface area contributed by atoms with Gasteiger partial charge in [-0.3, -0.25) is 0 Å². The Bertz CT molecular complexity index is 1320. The highest BCUT2D eigenvalue weighted by Crippen LogP contribution is 2.39. The van der Waals surface area contributed by atoms with Crippen molar-refractivity contribution >= 4 is 12.2 Å². The molecule has 212 valence electrons. The molecule has 1 fully saturated rings. The maximum atomic E-state index is 15.0. The van der Waals surface area contributed by atoms with Gasteiger partial charge < -0.3 is 9.84 Å². The van der Waals surface area contributed by atoms with E-state index in [1.54, 1.807) is 48.6 Å². The Balaban J connectivity index is 1.43. The average Bonchev–Trinajstić information content (AvgIpc) is 2.97. The third-order valence-corrected chi connectivity index (χ3v) is 7.79. The van der Waals surface area contributed by atoms with Crippen molar-refractivity contribution in [2.24, 2.45) is 5.92 Å². The fourth-order valence-corrected chi connectivity index (χ4v) is 5.45. The predicted molar refractivity (Wildman–Crippen MR) is 153 cm³/mol. The van der Waals surface area contributed by atoms with Gasteiger partial charge in [0.15, 0.2) is 23.2 Å². The summed E-state index contributed by atoms with van der Waals surface area (Å²) in [5, 5.41) is 10.3. The molecule has 3 aromatic rings. The molecule has 1 unspecified atom stereocenters. The van der Waals surface area contributed by atoms with Gasteiger partial charge in [-0.15, -0.1) is 6.58 Å². The molecule has 4 rings (SSSR count). The van der Waals surface area contributed by atoms with E-state index in [4.69, 9.17) is 4.74 Å². The summed E-state index contributed by atoms with van der Waals surface area (Å²) in [4.78, 5) is 0. The van der Waals surface area contributed by atoms with Crippen molar-refractivity contribution < 1.29 is 27.4 Å². The minimum absolute atomic E-state index is 0.0526. The molecule has 0 radical (unpaired) electrons. The molecule has 2 nitrogen and oxygen atoms in total. The summed E-state index contributed by atoms with van der Waals surface area (Å²) in [6.07, 6.45) is 9.79. The lowest BCUT2D eigenvalue weighted by Crippen LogP contribution is -2.25. The zero-order valence-electron chi connectivity index (χ0n) is 22.8. The van der Waals surface area contributed by atoms with Gasteiger partial charge in [0.05, 0.1) is 12.7 Å². The molecule has 0 amide bonds. The predicted octanol–water partition coefficient (Wildman–Crippen LogP) is 9.47. The van der Waals surface area contributed by atoms with Gasteiger partial charge in [0.1, 0.15) is 0 Å². The van der Waals surface area contributed by atoms with Gasteiger partial charge in [-0.05, 0) is 79.2 Å². The molecule has 40 heavy (non-hydrogen) atoms. The van der Waals surface area contributed by atoms with Gasteiger partial charge in [-0.2, -0.15) is 4.39 Å². The van der Waals surface area contributed by atoms with Crippen LogP contribution in [-0.2, 0) is 0 Å². The van der Waals surface area contributed by atoms with Gasteiger partial charge >= 0.3 is 0 Å². The zero-order chi connectivity index (χ0) is 28.6. The number of ether oxygens (including phenoxy) is 1. The number of halogens is 4. The Morgan fingerprint density at radius 3 is 2.27 bits per heavy atom. The quantitative estimate of drug-likeness (QED) is 0.111. The van der Waals surface area contributed by atoms with Crippen LogP contribution in [0, 0.1) is 29.2 Å². The van der Waals surface area contributed by atoms with Crippen LogP contribution in [0.15, 0.2) is 61.2 Å². The molecule has 0 heterocycles. The Labute approximate surface area is 234 Å². The van der Waals surface area contributed by atoms with Crippen LogP contribution in [0.5, 0.6) is 5.75 Å². The van der Waals surface area contributed by atoms with E-state index in [2.05, 4.69) is 6.58 Å². The molecule has 3 aromatic carbocycles. The van der Waals surface area contributed by atoms with Gasteiger partial charge in [0, 0.05) is 11.1 Å². The van der Waals surface area contributed by atoms with E-state index in [0.29, 0.717) is 23.1 Å². The second-order valence-electron chi connectivity index (χ2n) is 10.5. The molecule has 1 saturated carbocycles. The van der Waals surface area contributed by atoms with Crippen molar-refractivity contribution in [1.29, 1.82) is 0 Å². The van der Waals surface area contributed by atoms with E-state index in [-0.39, 0.29) is 41.4 Å². The molecule has 1 aliphatic carbocycles. The third-order valence-electron chi connectivity index (χ3n) is 7.79. The Hall–Kier alpha value is -3.38. The fraction of sp³-hybridized carbons (Fsp3) is 0.353. The van der Waals surface area contributed by atoms with Crippen LogP contribution < -0.4 is 4.74 Å². The van der Waals surface area contributed by atoms with Crippen molar-refractivity contribution in [3.05, 3.63) is 101 Å². The van der Waals surface area contributed by atoms with Crippen LogP contribution in [0.2, 0.25) is 0 Å². The van der Waals surface area contributed by atoms with Crippen molar-refractivity contribution in [3.8, 4) is 16.9 Å². The minimum Gasteiger partial charge on any atom is -0.490 e. The lowest BCUT2D eigenvalue weighted by molar-refractivity contribution is 0.0727. The lowest BCUT2D eigenvalue weighted by Gasteiger charge is -2.32. The van der Waals surface area contributed by atoms with Gasteiger partial charge in [0.2, 0.25) is 5.82 Å². The molecular weight excluding hydrogens is 516 g/mol. The molecule has 6 heteroatoms. The van der Waals surface area contributed by atoms with E-state index < -0.39 is 23.3 Å². The number of benzene rings is 3. The largest absolute Gasteiger partial charge is 0.490 e. The molecule has 1 aliphatic rings. The highest BCUT2D eigenvalue weighted by Gasteiger charge is 2.29. The van der Waals surface area contributed by atoms with Crippen LogP contribution in [0.1, 0.15) is 74.5 Å². The Morgan fingerprint density at radius 1 is 0.875 bits per heavy atom. The summed E-state index contributed by atoms with van der Waals surface area (Å²) in [5.41, 5.74) is 1.81. The number of aliphatic hydroxyl groups excluding tert-OH is 1. The smallest absolute Gasteiger partial charge is 0.201 e. The van der Waals surface area contributed by atoms with Gasteiger partial charge in [-0.1, -0.05) is 68.0 Å². The summed E-state index contributed by atoms with van der Waals surface area (Å²) in [6, 6.07) is 12.8. The molecular formula is C34H36F4O2. The summed E-state index contributed by atoms with van der Waals surface area (Å²) in [5.74, 6) is -3.72. The van der Waals surface area contributed by atoms with Gasteiger partial charge in [0.25, 0.3) is 0 Å². The molecule has 1 atom stereocenters. The number of hydrogen-bond acceptors (Lipinski definition) is 2. The first-order valence-corrected chi connectivity index (χ1v) is 14.0. The van der Waals surface area contributed by atoms with Crippen molar-refractivity contribution in [1.82, 2.24) is 0 Å². The van der Waals surface area contributed by atoms with Crippen molar-refractivity contribution in [2.45, 2.75) is 63.9 Å². The van der Waals surface area contributed by atoms with Crippen LogP contribution in [0.3, 0.4) is 0 Å². The molecule has 0 bridgehead atoms. The monoisotopic (exact) mass is 552 g/mol. The molecule has 0 aliphatic heterocycles. The van der Waals surface area contributed by atoms with Crippen molar-refractivity contribution in [3.63, 3.8) is 0 Å². The van der Waals surface area contributed by atoms with Crippen LogP contribution in [0.4, 0.5) is 17.6 Å². The van der Waals surface area contributed by atoms with E-state index >= 15 is 4.39 Å². The normalized spacial score (nSPS) is 18.1. The minimum atomic E-state index is -1.05. The highest BCUT2D eigenvalue weighted by molar-refractivity contribution is 5.73. The second-order valence-corrected chi connectivity index (χ2v) is 10.5. The number of aliphatic hydroxyl groups is 1. The van der Waals surface area contributed by atoms with Crippen molar-refractivity contribution in [2.75, 3.05) is 6.61 Å². The highest BCUT2D eigenvalue weighted by atomic mass is 19.2. The van der Waals surface area contributed by atoms with E-state index in [0.717, 1.165) is 38.5 Å². The number of rotatable bonds is 11. The first-order chi connectivity index (χ1) is 19.3. The average molecular weight is 553 g/mol. The fourth-order valence-electron chi connectivity index (χ4n) is 5.45. The summed E-state index contributed by atoms with van der Waals surface area (Å²) in [6.45, 7) is 5.82. The SMILES string of the molecule is C=CCCOc1ccc(-c2ccc(/C=C/c3ccc(C4CCC(C(O)CCC)CC4)c(F)c3F)cc2)c(F)c1F. The molecule has 1 N–H and O–H groups in total. The van der Waals surface area contributed by atoms with E-state index in [1.165, 1.54) is 18.2 Å². The van der Waals surface area contributed by atoms with Crippen LogP contribution >= 0.6 is 0 Å². The zero-order valence-corrected chi connectivity index (χ0v) is 22.8. The number of hydrogen-bond donors (Lipinski definition) is 1. The maximum absolute atomic E-state index is 15.0. The van der Waals surface area contributed by atoms with Crippen LogP contribution in [-0.4, -0.2) is 17.8 Å². The maximum Gasteiger partial charge on any atom is 0.201 e. The topological polar surface area (TPSA) is 29.5 Å². The Morgan fingerprint density at radius 2 is 1.60 bits per heavy atom. The summed E-state index contributed by atoms with van der Waals surface area (Å²) in [7, 11) is 0. The molecule has 0 aromatic heterocycles. The summed E-state index contributed by atoms with van der Waals surface area (Å²) < 4.78 is 64.4.